The van der Waals surface area contributed by atoms with Crippen molar-refractivity contribution in [3.63, 3.8) is 0 Å². The summed E-state index contributed by atoms with van der Waals surface area (Å²) in [7, 11) is 0. The van der Waals surface area contributed by atoms with Crippen molar-refractivity contribution in [3.8, 4) is 0 Å². The maximum Gasteiger partial charge on any atom is 0.199 e. The minimum atomic E-state index is -0.00694. The van der Waals surface area contributed by atoms with Gasteiger partial charge in [-0.25, -0.2) is 0 Å². The van der Waals surface area contributed by atoms with Gasteiger partial charge in [-0.1, -0.05) is 13.8 Å². The monoisotopic (exact) mass is 114 g/mol. The predicted molar refractivity (Wildman–Crippen MR) is 33.1 cm³/mol. The molecule has 2 heteroatoms. The molecule has 0 amide bonds. The van der Waals surface area contributed by atoms with Crippen LogP contribution in [0.4, 0.5) is 0 Å². The number of hydrogen-bond donors (Lipinski definition) is 1. The summed E-state index contributed by atoms with van der Waals surface area (Å²) in [6.07, 6.45) is 2.13. The summed E-state index contributed by atoms with van der Waals surface area (Å²) in [5.74, 6) is 0.386. The lowest BCUT2D eigenvalue weighted by Gasteiger charge is -2.09. The van der Waals surface area contributed by atoms with Gasteiger partial charge in [0.2, 0.25) is 0 Å². The second kappa shape index (κ2) is 3.61. The first kappa shape index (κ1) is 7.63. The minimum absolute atomic E-state index is 0.00694. The maximum atomic E-state index is 9.71. The van der Waals surface area contributed by atoms with E-state index in [-0.39, 0.29) is 6.04 Å². The molecule has 2 N–H and O–H groups in total. The Hall–Kier alpha value is -0.370. The Balaban J connectivity index is 3.30. The quantitative estimate of drug-likeness (QED) is 0.579. The molecule has 1 atom stereocenters. The van der Waals surface area contributed by atoms with E-state index in [4.69, 9.17) is 5.73 Å². The first-order chi connectivity index (χ1) is 3.68. The van der Waals surface area contributed by atoms with Crippen LogP contribution in [-0.2, 0) is 4.79 Å². The first-order valence-corrected chi connectivity index (χ1v) is 2.79. The molecule has 0 saturated carbocycles. The molecule has 0 aliphatic heterocycles. The Morgan fingerprint density at radius 3 is 2.25 bits per heavy atom. The third-order valence-corrected chi connectivity index (χ3v) is 1.18. The molecule has 0 heterocycles. The van der Waals surface area contributed by atoms with Crippen molar-refractivity contribution in [1.82, 2.24) is 0 Å². The van der Waals surface area contributed by atoms with Gasteiger partial charge in [0.15, 0.2) is 6.29 Å². The van der Waals surface area contributed by atoms with Crippen LogP contribution in [0.1, 0.15) is 20.3 Å². The van der Waals surface area contributed by atoms with Crippen LogP contribution < -0.4 is 5.73 Å². The van der Waals surface area contributed by atoms with E-state index in [1.165, 1.54) is 0 Å². The molecule has 0 unspecified atom stereocenters. The van der Waals surface area contributed by atoms with Crippen molar-refractivity contribution >= 4 is 6.29 Å². The topological polar surface area (TPSA) is 43.1 Å². The van der Waals surface area contributed by atoms with E-state index in [2.05, 4.69) is 0 Å². The van der Waals surface area contributed by atoms with E-state index in [1.807, 2.05) is 13.8 Å². The van der Waals surface area contributed by atoms with E-state index < -0.39 is 0 Å². The molecular formula is C6H12NO. The van der Waals surface area contributed by atoms with Gasteiger partial charge in [0.1, 0.15) is 0 Å². The molecule has 0 aromatic heterocycles. The van der Waals surface area contributed by atoms with Crippen LogP contribution in [0.2, 0.25) is 0 Å². The molecule has 47 valence electrons. The summed E-state index contributed by atoms with van der Waals surface area (Å²) >= 11 is 0. The molecule has 0 rings (SSSR count). The van der Waals surface area contributed by atoms with Crippen LogP contribution in [0.15, 0.2) is 0 Å². The largest absolute Gasteiger partial charge is 0.327 e. The highest BCUT2D eigenvalue weighted by Gasteiger charge is 2.05. The van der Waals surface area contributed by atoms with Crippen molar-refractivity contribution in [3.05, 3.63) is 0 Å². The Labute approximate surface area is 50.1 Å². The third-order valence-electron chi connectivity index (χ3n) is 1.18. The van der Waals surface area contributed by atoms with Gasteiger partial charge < -0.3 is 5.73 Å². The van der Waals surface area contributed by atoms with Gasteiger partial charge in [-0.15, -0.1) is 0 Å². The van der Waals surface area contributed by atoms with Crippen molar-refractivity contribution < 1.29 is 4.79 Å². The fraction of sp³-hybridized carbons (Fsp3) is 0.833. The van der Waals surface area contributed by atoms with Gasteiger partial charge in [0.05, 0.1) is 0 Å². The zero-order valence-electron chi connectivity index (χ0n) is 5.35. The van der Waals surface area contributed by atoms with Gasteiger partial charge >= 0.3 is 0 Å². The maximum absolute atomic E-state index is 9.71. The Morgan fingerprint density at radius 2 is 2.12 bits per heavy atom. The fourth-order valence-corrected chi connectivity index (χ4v) is 0.332. The van der Waals surface area contributed by atoms with Crippen molar-refractivity contribution in [1.29, 1.82) is 0 Å². The molecule has 1 radical (unpaired) electrons. The average molecular weight is 114 g/mol. The standard InChI is InChI=1S/C6H12NO/c1-5(2)6(7)3-4-8/h5-6H,3,7H2,1-2H3/t6-/m0/s1. The van der Waals surface area contributed by atoms with Gasteiger partial charge in [-0.3, -0.25) is 4.79 Å². The van der Waals surface area contributed by atoms with Crippen molar-refractivity contribution in [2.45, 2.75) is 26.3 Å². The van der Waals surface area contributed by atoms with Crippen LogP contribution >= 0.6 is 0 Å². The van der Waals surface area contributed by atoms with Gasteiger partial charge in [-0.2, -0.15) is 0 Å². The highest BCUT2D eigenvalue weighted by molar-refractivity contribution is 5.51. The predicted octanol–water partition coefficient (Wildman–Crippen LogP) is 0.469. The van der Waals surface area contributed by atoms with Crippen molar-refractivity contribution in [2.75, 3.05) is 0 Å². The van der Waals surface area contributed by atoms with Crippen molar-refractivity contribution in [2.24, 2.45) is 11.7 Å². The highest BCUT2D eigenvalue weighted by atomic mass is 16.1. The summed E-state index contributed by atoms with van der Waals surface area (Å²) in [5, 5.41) is 0. The Bertz CT molecular complexity index is 70.9. The molecule has 0 fully saturated rings. The summed E-state index contributed by atoms with van der Waals surface area (Å²) in [4.78, 5) is 9.71. The molecule has 0 aromatic rings. The first-order valence-electron chi connectivity index (χ1n) is 2.79. The van der Waals surface area contributed by atoms with E-state index in [9.17, 15) is 4.79 Å². The number of hydrogen-bond acceptors (Lipinski definition) is 2. The second-order valence-corrected chi connectivity index (χ2v) is 2.26. The fourth-order valence-electron chi connectivity index (χ4n) is 0.332. The third kappa shape index (κ3) is 2.75. The normalized spacial score (nSPS) is 14.0. The van der Waals surface area contributed by atoms with E-state index in [0.29, 0.717) is 12.3 Å². The van der Waals surface area contributed by atoms with E-state index in [0.717, 1.165) is 0 Å². The summed E-state index contributed by atoms with van der Waals surface area (Å²) in [6, 6.07) is -0.00694. The number of carbonyl (C=O) groups excluding carboxylic acids is 1. The summed E-state index contributed by atoms with van der Waals surface area (Å²) in [5.41, 5.74) is 5.46. The van der Waals surface area contributed by atoms with Crippen LogP contribution in [0.3, 0.4) is 0 Å². The highest BCUT2D eigenvalue weighted by Crippen LogP contribution is 1.99. The smallest absolute Gasteiger partial charge is 0.199 e. The zero-order chi connectivity index (χ0) is 6.57. The second-order valence-electron chi connectivity index (χ2n) is 2.26. The molecule has 0 aliphatic carbocycles. The van der Waals surface area contributed by atoms with Crippen LogP contribution in [0.5, 0.6) is 0 Å². The summed E-state index contributed by atoms with van der Waals surface area (Å²) in [6.45, 7) is 3.98. The lowest BCUT2D eigenvalue weighted by Crippen LogP contribution is -2.26. The van der Waals surface area contributed by atoms with E-state index in [1.54, 1.807) is 6.29 Å². The van der Waals surface area contributed by atoms with Gasteiger partial charge in [0.25, 0.3) is 0 Å². The molecule has 0 spiro atoms. The van der Waals surface area contributed by atoms with Gasteiger partial charge in [0, 0.05) is 12.5 Å². The minimum Gasteiger partial charge on any atom is -0.327 e. The molecule has 0 bridgehead atoms. The van der Waals surface area contributed by atoms with Crippen LogP contribution in [0.25, 0.3) is 0 Å². The lowest BCUT2D eigenvalue weighted by molar-refractivity contribution is 0.482. The Morgan fingerprint density at radius 1 is 1.62 bits per heavy atom. The number of rotatable bonds is 3. The SMILES string of the molecule is CC(C)[C@@H](N)C[C]=O. The van der Waals surface area contributed by atoms with Crippen LogP contribution in [-0.4, -0.2) is 12.3 Å². The summed E-state index contributed by atoms with van der Waals surface area (Å²) < 4.78 is 0. The molecule has 0 aliphatic rings. The molecule has 0 aromatic carbocycles. The average Bonchev–Trinajstić information content (AvgIpc) is 1.67. The van der Waals surface area contributed by atoms with Gasteiger partial charge in [-0.05, 0) is 5.92 Å². The molecular weight excluding hydrogens is 102 g/mol. The molecule has 0 saturated heterocycles. The van der Waals surface area contributed by atoms with E-state index >= 15 is 0 Å². The van der Waals surface area contributed by atoms with Crippen LogP contribution in [0, 0.1) is 5.92 Å². The Kier molecular flexibility index (Phi) is 3.44. The lowest BCUT2D eigenvalue weighted by atomic mass is 10.0. The molecule has 8 heavy (non-hydrogen) atoms. The zero-order valence-corrected chi connectivity index (χ0v) is 5.35. The number of nitrogens with two attached hydrogens (primary N) is 1. The molecule has 2 nitrogen and oxygen atoms in total.